The second-order valence-electron chi connectivity index (χ2n) is 5.44. The molecule has 1 aliphatic rings. The number of carbonyl (C=O) groups excluding carboxylic acids is 1. The predicted molar refractivity (Wildman–Crippen MR) is 73.9 cm³/mol. The lowest BCUT2D eigenvalue weighted by Crippen LogP contribution is -2.36. The molecule has 1 heterocycles. The maximum absolute atomic E-state index is 11.3. The Morgan fingerprint density at radius 1 is 1.11 bits per heavy atom. The molecule has 0 atom stereocenters. The Morgan fingerprint density at radius 3 is 2.63 bits per heavy atom. The Labute approximate surface area is 112 Å². The first-order valence-electron chi connectivity index (χ1n) is 6.73. The summed E-state index contributed by atoms with van der Waals surface area (Å²) in [7, 11) is 0. The Hall–Kier alpha value is -1.74. The Morgan fingerprint density at radius 2 is 1.84 bits per heavy atom. The number of carbonyl (C=O) groups is 1. The second-order valence-corrected chi connectivity index (χ2v) is 5.44. The largest absolute Gasteiger partial charge is 0.389 e. The summed E-state index contributed by atoms with van der Waals surface area (Å²) in [5.41, 5.74) is 1.09. The zero-order chi connectivity index (χ0) is 13.3. The molecule has 0 spiro atoms. The number of benzene rings is 1. The van der Waals surface area contributed by atoms with Crippen molar-refractivity contribution < 1.29 is 9.90 Å². The van der Waals surface area contributed by atoms with E-state index in [2.05, 4.69) is 4.98 Å². The van der Waals surface area contributed by atoms with Crippen LogP contribution in [0, 0.1) is 0 Å². The van der Waals surface area contributed by atoms with Gasteiger partial charge < -0.3 is 5.11 Å². The van der Waals surface area contributed by atoms with Crippen LogP contribution in [0.25, 0.3) is 10.9 Å². The number of hydrogen-bond donors (Lipinski definition) is 1. The molecule has 0 bridgehead atoms. The van der Waals surface area contributed by atoms with Gasteiger partial charge in [-0.25, -0.2) is 0 Å². The fourth-order valence-corrected chi connectivity index (χ4v) is 2.71. The number of pyridine rings is 1. The maximum Gasteiger partial charge on any atom is 0.133 e. The summed E-state index contributed by atoms with van der Waals surface area (Å²) >= 11 is 0. The zero-order valence-corrected chi connectivity index (χ0v) is 10.8. The maximum atomic E-state index is 11.3. The molecule has 98 valence electrons. The van der Waals surface area contributed by atoms with E-state index in [0.29, 0.717) is 32.1 Å². The monoisotopic (exact) mass is 255 g/mol. The minimum Gasteiger partial charge on any atom is -0.389 e. The number of hydrogen-bond acceptors (Lipinski definition) is 3. The fourth-order valence-electron chi connectivity index (χ4n) is 2.71. The van der Waals surface area contributed by atoms with Crippen LogP contribution in [0.5, 0.6) is 0 Å². The van der Waals surface area contributed by atoms with Crippen molar-refractivity contribution in [2.24, 2.45) is 0 Å². The van der Waals surface area contributed by atoms with E-state index in [1.165, 1.54) is 0 Å². The first kappa shape index (κ1) is 12.3. The molecule has 1 aliphatic carbocycles. The van der Waals surface area contributed by atoms with E-state index < -0.39 is 5.60 Å². The molecule has 3 nitrogen and oxygen atoms in total. The van der Waals surface area contributed by atoms with E-state index in [1.807, 2.05) is 36.4 Å². The summed E-state index contributed by atoms with van der Waals surface area (Å²) in [5, 5.41) is 11.6. The number of aromatic nitrogens is 1. The Balaban J connectivity index is 1.83. The van der Waals surface area contributed by atoms with Gasteiger partial charge in [0.1, 0.15) is 5.78 Å². The number of ketones is 1. The second kappa shape index (κ2) is 4.74. The number of aliphatic hydroxyl groups is 1. The lowest BCUT2D eigenvalue weighted by molar-refractivity contribution is -0.125. The van der Waals surface area contributed by atoms with Crippen LogP contribution >= 0.6 is 0 Å². The average molecular weight is 255 g/mol. The van der Waals surface area contributed by atoms with Crippen molar-refractivity contribution >= 4 is 16.7 Å². The zero-order valence-electron chi connectivity index (χ0n) is 10.8. The topological polar surface area (TPSA) is 50.2 Å². The van der Waals surface area contributed by atoms with Crippen LogP contribution in [0.3, 0.4) is 0 Å². The number of nitrogens with zero attached hydrogens (tertiary/aromatic N) is 1. The van der Waals surface area contributed by atoms with E-state index in [1.54, 1.807) is 0 Å². The summed E-state index contributed by atoms with van der Waals surface area (Å²) in [5.74, 6) is 0.260. The molecule has 0 unspecified atom stereocenters. The van der Waals surface area contributed by atoms with Crippen LogP contribution in [-0.2, 0) is 11.2 Å². The van der Waals surface area contributed by atoms with Gasteiger partial charge in [0.05, 0.1) is 11.1 Å². The molecule has 0 aliphatic heterocycles. The van der Waals surface area contributed by atoms with Crippen molar-refractivity contribution in [3.63, 3.8) is 0 Å². The van der Waals surface area contributed by atoms with Gasteiger partial charge in [-0.2, -0.15) is 0 Å². The summed E-state index contributed by atoms with van der Waals surface area (Å²) in [6, 6.07) is 12.0. The third-order valence-corrected chi connectivity index (χ3v) is 3.90. The molecule has 3 rings (SSSR count). The van der Waals surface area contributed by atoms with Crippen molar-refractivity contribution in [3.05, 3.63) is 42.1 Å². The van der Waals surface area contributed by atoms with Gasteiger partial charge in [0.25, 0.3) is 0 Å². The lowest BCUT2D eigenvalue weighted by atomic mass is 9.81. The number of para-hydroxylation sites is 1. The van der Waals surface area contributed by atoms with Gasteiger partial charge in [0, 0.05) is 30.3 Å². The minimum atomic E-state index is -0.761. The summed E-state index contributed by atoms with van der Waals surface area (Å²) < 4.78 is 0. The normalized spacial score (nSPS) is 18.7. The molecule has 1 aromatic carbocycles. The summed E-state index contributed by atoms with van der Waals surface area (Å²) in [6.45, 7) is 0. The molecule has 19 heavy (non-hydrogen) atoms. The van der Waals surface area contributed by atoms with Crippen molar-refractivity contribution in [2.75, 3.05) is 0 Å². The van der Waals surface area contributed by atoms with Gasteiger partial charge >= 0.3 is 0 Å². The first-order valence-corrected chi connectivity index (χ1v) is 6.73. The third kappa shape index (κ3) is 2.66. The van der Waals surface area contributed by atoms with Crippen LogP contribution in [0.15, 0.2) is 36.4 Å². The summed E-state index contributed by atoms with van der Waals surface area (Å²) in [6.07, 6.45) is 2.62. The van der Waals surface area contributed by atoms with Gasteiger partial charge in [0.2, 0.25) is 0 Å². The smallest absolute Gasteiger partial charge is 0.133 e. The molecule has 0 amide bonds. The highest BCUT2D eigenvalue weighted by Crippen LogP contribution is 2.29. The van der Waals surface area contributed by atoms with Crippen LogP contribution in [-0.4, -0.2) is 21.5 Å². The highest BCUT2D eigenvalue weighted by atomic mass is 16.3. The van der Waals surface area contributed by atoms with Crippen LogP contribution in [0.4, 0.5) is 0 Å². The molecule has 0 saturated heterocycles. The SMILES string of the molecule is O=C1CCC(O)(Cc2ccc3ccccc3n2)CC1. The number of rotatable bonds is 2. The van der Waals surface area contributed by atoms with E-state index in [0.717, 1.165) is 16.6 Å². The van der Waals surface area contributed by atoms with Crippen molar-refractivity contribution in [1.82, 2.24) is 4.98 Å². The average Bonchev–Trinajstić information content (AvgIpc) is 2.42. The quantitative estimate of drug-likeness (QED) is 0.897. The lowest BCUT2D eigenvalue weighted by Gasteiger charge is -2.31. The van der Waals surface area contributed by atoms with E-state index >= 15 is 0 Å². The van der Waals surface area contributed by atoms with Crippen LogP contribution in [0.2, 0.25) is 0 Å². The van der Waals surface area contributed by atoms with E-state index in [9.17, 15) is 9.90 Å². The van der Waals surface area contributed by atoms with E-state index in [-0.39, 0.29) is 5.78 Å². The molecule has 1 fully saturated rings. The molecule has 1 N–H and O–H groups in total. The van der Waals surface area contributed by atoms with Crippen LogP contribution < -0.4 is 0 Å². The molecular weight excluding hydrogens is 238 g/mol. The summed E-state index contributed by atoms with van der Waals surface area (Å²) in [4.78, 5) is 15.8. The van der Waals surface area contributed by atoms with Gasteiger partial charge in [-0.15, -0.1) is 0 Å². The standard InChI is InChI=1S/C16H17NO2/c18-14-7-9-16(19,10-8-14)11-13-6-5-12-3-1-2-4-15(12)17-13/h1-6,19H,7-11H2. The molecule has 1 aromatic heterocycles. The number of Topliss-reactive ketones (excluding diaryl/α,β-unsaturated/α-hetero) is 1. The van der Waals surface area contributed by atoms with Crippen LogP contribution in [0.1, 0.15) is 31.4 Å². The number of fused-ring (bicyclic) bond motifs is 1. The molecule has 2 aromatic rings. The first-order chi connectivity index (χ1) is 9.15. The third-order valence-electron chi connectivity index (χ3n) is 3.90. The Bertz CT molecular complexity index is 611. The van der Waals surface area contributed by atoms with Gasteiger partial charge in [-0.3, -0.25) is 9.78 Å². The highest BCUT2D eigenvalue weighted by molar-refractivity contribution is 5.79. The van der Waals surface area contributed by atoms with Gasteiger partial charge in [-0.05, 0) is 25.0 Å². The van der Waals surface area contributed by atoms with Crippen molar-refractivity contribution in [2.45, 2.75) is 37.7 Å². The van der Waals surface area contributed by atoms with Gasteiger partial charge in [0.15, 0.2) is 0 Å². The molecule has 0 radical (unpaired) electrons. The predicted octanol–water partition coefficient (Wildman–Crippen LogP) is 2.65. The molecule has 3 heteroatoms. The fraction of sp³-hybridized carbons (Fsp3) is 0.375. The van der Waals surface area contributed by atoms with Gasteiger partial charge in [-0.1, -0.05) is 24.3 Å². The minimum absolute atomic E-state index is 0.260. The van der Waals surface area contributed by atoms with Crippen molar-refractivity contribution in [3.8, 4) is 0 Å². The highest BCUT2D eigenvalue weighted by Gasteiger charge is 2.32. The van der Waals surface area contributed by atoms with Crippen molar-refractivity contribution in [1.29, 1.82) is 0 Å². The van der Waals surface area contributed by atoms with E-state index in [4.69, 9.17) is 0 Å². The molecular formula is C16H17NO2. The Kier molecular flexibility index (Phi) is 3.07. The molecule has 1 saturated carbocycles.